The van der Waals surface area contributed by atoms with E-state index in [0.29, 0.717) is 25.5 Å². The fourth-order valence-corrected chi connectivity index (χ4v) is 4.53. The number of para-hydroxylation sites is 1. The van der Waals surface area contributed by atoms with Crippen molar-refractivity contribution in [1.29, 1.82) is 0 Å². The Morgan fingerprint density at radius 2 is 1.46 bits per heavy atom. The lowest BCUT2D eigenvalue weighted by atomic mass is 9.84. The van der Waals surface area contributed by atoms with E-state index < -0.39 is 0 Å². The summed E-state index contributed by atoms with van der Waals surface area (Å²) in [5, 5.41) is 11.5. The fourth-order valence-electron chi connectivity index (χ4n) is 4.53. The average Bonchev–Trinajstić information content (AvgIpc) is 2.77. The molecule has 0 aliphatic carbocycles. The zero-order chi connectivity index (χ0) is 26.0. The van der Waals surface area contributed by atoms with Gasteiger partial charge in [-0.1, -0.05) is 89.6 Å². The monoisotopic (exact) mass is 473 g/mol. The smallest absolute Gasteiger partial charge is 0.142 e. The third-order valence-corrected chi connectivity index (χ3v) is 6.45. The van der Waals surface area contributed by atoms with Gasteiger partial charge in [0.15, 0.2) is 0 Å². The Labute approximate surface area is 212 Å². The van der Waals surface area contributed by atoms with Crippen molar-refractivity contribution in [2.75, 3.05) is 24.7 Å². The van der Waals surface area contributed by atoms with Crippen LogP contribution in [-0.4, -0.2) is 24.9 Å². The second-order valence-electron chi connectivity index (χ2n) is 11.6. The first kappa shape index (κ1) is 26.8. The van der Waals surface area contributed by atoms with Gasteiger partial charge in [0.2, 0.25) is 0 Å². The van der Waals surface area contributed by atoms with Crippen LogP contribution in [0.1, 0.15) is 70.7 Å². The van der Waals surface area contributed by atoms with E-state index in [1.807, 2.05) is 6.92 Å². The van der Waals surface area contributed by atoms with Crippen LogP contribution < -0.4 is 4.90 Å². The minimum atomic E-state index is -0.173. The molecule has 188 valence electrons. The van der Waals surface area contributed by atoms with Gasteiger partial charge in [0.1, 0.15) is 5.75 Å². The van der Waals surface area contributed by atoms with Gasteiger partial charge in [-0.3, -0.25) is 0 Å². The van der Waals surface area contributed by atoms with Gasteiger partial charge in [-0.15, -0.1) is 0 Å². The number of anilines is 2. The van der Waals surface area contributed by atoms with Crippen molar-refractivity contribution < 1.29 is 9.84 Å². The van der Waals surface area contributed by atoms with Crippen LogP contribution in [0.4, 0.5) is 11.4 Å². The van der Waals surface area contributed by atoms with Crippen molar-refractivity contribution in [3.8, 4) is 16.9 Å². The summed E-state index contributed by atoms with van der Waals surface area (Å²) in [6, 6.07) is 19.5. The summed E-state index contributed by atoms with van der Waals surface area (Å²) in [5.41, 5.74) is 8.77. The summed E-state index contributed by atoms with van der Waals surface area (Å²) in [6.45, 7) is 21.3. The van der Waals surface area contributed by atoms with E-state index in [0.717, 1.165) is 28.1 Å². The molecule has 0 aliphatic rings. The van der Waals surface area contributed by atoms with E-state index in [1.54, 1.807) is 0 Å². The van der Waals surface area contributed by atoms with Gasteiger partial charge in [-0.25, -0.2) is 0 Å². The predicted octanol–water partition coefficient (Wildman–Crippen LogP) is 8.45. The summed E-state index contributed by atoms with van der Waals surface area (Å²) in [7, 11) is 0. The molecule has 3 nitrogen and oxygen atoms in total. The lowest BCUT2D eigenvalue weighted by Gasteiger charge is -2.31. The highest BCUT2D eigenvalue weighted by Gasteiger charge is 2.25. The van der Waals surface area contributed by atoms with Crippen LogP contribution in [0.2, 0.25) is 0 Å². The van der Waals surface area contributed by atoms with E-state index in [4.69, 9.17) is 4.74 Å². The van der Waals surface area contributed by atoms with Crippen molar-refractivity contribution in [2.45, 2.75) is 73.1 Å². The summed E-state index contributed by atoms with van der Waals surface area (Å²) in [5.74, 6) is 0.342. The number of hydrogen-bond acceptors (Lipinski definition) is 3. The summed E-state index contributed by atoms with van der Waals surface area (Å²) >= 11 is 0. The Balaban J connectivity index is 2.25. The molecule has 1 N–H and O–H groups in total. The van der Waals surface area contributed by atoms with Gasteiger partial charge in [0, 0.05) is 30.0 Å². The third-order valence-electron chi connectivity index (χ3n) is 6.45. The van der Waals surface area contributed by atoms with Gasteiger partial charge in [-0.05, 0) is 60.4 Å². The maximum atomic E-state index is 11.5. The Morgan fingerprint density at radius 3 is 2.09 bits per heavy atom. The molecule has 0 spiro atoms. The van der Waals surface area contributed by atoms with Crippen molar-refractivity contribution in [3.63, 3.8) is 0 Å². The number of ether oxygens (including phenoxy) is 1. The van der Waals surface area contributed by atoms with E-state index in [1.165, 1.54) is 16.7 Å². The molecule has 0 heterocycles. The largest absolute Gasteiger partial charge is 0.505 e. The molecule has 3 aromatic rings. The normalized spacial score (nSPS) is 12.1. The number of phenols is 1. The van der Waals surface area contributed by atoms with Crippen LogP contribution in [0.15, 0.2) is 54.6 Å². The molecule has 0 radical (unpaired) electrons. The highest BCUT2D eigenvalue weighted by atomic mass is 16.5. The van der Waals surface area contributed by atoms with Gasteiger partial charge >= 0.3 is 0 Å². The maximum Gasteiger partial charge on any atom is 0.142 e. The average molecular weight is 474 g/mol. The third kappa shape index (κ3) is 6.27. The first-order valence-electron chi connectivity index (χ1n) is 12.7. The number of benzene rings is 3. The molecule has 3 rings (SSSR count). The zero-order valence-corrected chi connectivity index (χ0v) is 23.1. The number of hydrogen-bond donors (Lipinski definition) is 1. The van der Waals surface area contributed by atoms with Crippen molar-refractivity contribution >= 4 is 11.4 Å². The number of rotatable bonds is 7. The summed E-state index contributed by atoms with van der Waals surface area (Å²) in [6.07, 6.45) is 0. The molecule has 0 unspecified atom stereocenters. The highest BCUT2D eigenvalue weighted by Crippen LogP contribution is 2.44. The van der Waals surface area contributed by atoms with E-state index in [-0.39, 0.29) is 10.8 Å². The van der Waals surface area contributed by atoms with Crippen LogP contribution in [0.25, 0.3) is 11.1 Å². The first-order chi connectivity index (χ1) is 16.3. The molecular weight excluding hydrogens is 430 g/mol. The molecule has 0 aliphatic heterocycles. The molecule has 0 fully saturated rings. The van der Waals surface area contributed by atoms with Crippen LogP contribution in [0.5, 0.6) is 5.75 Å². The van der Waals surface area contributed by atoms with Gasteiger partial charge in [-0.2, -0.15) is 0 Å². The molecule has 0 bridgehead atoms. The highest BCUT2D eigenvalue weighted by molar-refractivity contribution is 5.85. The van der Waals surface area contributed by atoms with Gasteiger partial charge in [0.05, 0.1) is 12.3 Å². The molecule has 3 aromatic carbocycles. The Kier molecular flexibility index (Phi) is 8.01. The van der Waals surface area contributed by atoms with E-state index in [9.17, 15) is 5.11 Å². The maximum absolute atomic E-state index is 11.5. The lowest BCUT2D eigenvalue weighted by Crippen LogP contribution is -2.24. The number of phenolic OH excluding ortho intramolecular Hbond substituents is 1. The molecule has 0 saturated carbocycles. The molecule has 3 heteroatoms. The first-order valence-corrected chi connectivity index (χ1v) is 12.7. The summed E-state index contributed by atoms with van der Waals surface area (Å²) in [4.78, 5) is 2.22. The van der Waals surface area contributed by atoms with Crippen LogP contribution in [0, 0.1) is 13.8 Å². The quantitative estimate of drug-likeness (QED) is 0.349. The Bertz CT molecular complexity index is 1170. The minimum Gasteiger partial charge on any atom is -0.505 e. The Morgan fingerprint density at radius 1 is 0.800 bits per heavy atom. The van der Waals surface area contributed by atoms with Crippen LogP contribution >= 0.6 is 0 Å². The summed E-state index contributed by atoms with van der Waals surface area (Å²) < 4.78 is 5.78. The molecule has 0 amide bonds. The standard InChI is InChI=1S/C32H43NO2/c1-10-35-16-15-33(29-20-23(3)19-27(30(29)34)32(7,8)9)28-14-12-11-13-26(28)24-17-22(2)18-25(21-24)31(4,5)6/h11-14,17-21,34H,10,15-16H2,1-9H3. The number of aryl methyl sites for hydroxylation is 2. The zero-order valence-electron chi connectivity index (χ0n) is 23.1. The van der Waals surface area contributed by atoms with E-state index >= 15 is 0 Å². The topological polar surface area (TPSA) is 32.7 Å². The lowest BCUT2D eigenvalue weighted by molar-refractivity contribution is 0.155. The second kappa shape index (κ2) is 10.5. The van der Waals surface area contributed by atoms with E-state index in [2.05, 4.69) is 115 Å². The van der Waals surface area contributed by atoms with Crippen molar-refractivity contribution in [1.82, 2.24) is 0 Å². The minimum absolute atomic E-state index is 0.0563. The van der Waals surface area contributed by atoms with Crippen LogP contribution in [-0.2, 0) is 15.6 Å². The molecule has 35 heavy (non-hydrogen) atoms. The Hall–Kier alpha value is -2.78. The predicted molar refractivity (Wildman–Crippen MR) is 150 cm³/mol. The fraction of sp³-hybridized carbons (Fsp3) is 0.438. The second-order valence-corrected chi connectivity index (χ2v) is 11.6. The van der Waals surface area contributed by atoms with Crippen molar-refractivity contribution in [3.05, 3.63) is 76.9 Å². The van der Waals surface area contributed by atoms with Crippen LogP contribution in [0.3, 0.4) is 0 Å². The van der Waals surface area contributed by atoms with Gasteiger partial charge < -0.3 is 14.7 Å². The molecule has 0 saturated heterocycles. The van der Waals surface area contributed by atoms with Crippen molar-refractivity contribution in [2.24, 2.45) is 0 Å². The number of nitrogens with zero attached hydrogens (tertiary/aromatic N) is 1. The van der Waals surface area contributed by atoms with Gasteiger partial charge in [0.25, 0.3) is 0 Å². The molecule has 0 atom stereocenters. The molecular formula is C32H43NO2. The SMILES string of the molecule is CCOCCN(c1ccccc1-c1cc(C)cc(C(C)(C)C)c1)c1cc(C)cc(C(C)(C)C)c1O. The molecule has 0 aromatic heterocycles. The number of aromatic hydroxyl groups is 1.